The average Bonchev–Trinajstić information content (AvgIpc) is 3.09. The Bertz CT molecular complexity index is 1120. The molecule has 2 atom stereocenters. The van der Waals surface area contributed by atoms with E-state index >= 15 is 0 Å². The molecule has 0 fully saturated rings. The van der Waals surface area contributed by atoms with E-state index in [9.17, 15) is 19.5 Å². The van der Waals surface area contributed by atoms with E-state index in [0.29, 0.717) is 12.8 Å². The molecule has 0 saturated heterocycles. The zero-order valence-corrected chi connectivity index (χ0v) is 33.2. The molecule has 2 unspecified atom stereocenters. The van der Waals surface area contributed by atoms with E-state index in [4.69, 9.17) is 14.2 Å². The zero-order valence-electron chi connectivity index (χ0n) is 33.2. The quantitative estimate of drug-likeness (QED) is 0.0288. The zero-order chi connectivity index (χ0) is 38.5. The number of hydrogen-bond donors (Lipinski definition) is 0. The van der Waals surface area contributed by atoms with E-state index in [2.05, 4.69) is 86.8 Å². The SMILES string of the molecule is CC/C=C/C/C=C/C/C=C/C/C=C/C/C=C/CCC(=O)OC(COCCC(C(=O)[O-])[N+](C)(C)C)COC(=O)CCCCCCC/C=C/C/C=C/CC. The molecule has 0 aromatic carbocycles. The lowest BCUT2D eigenvalue weighted by Gasteiger charge is -2.34. The first-order valence-electron chi connectivity index (χ1n) is 19.6. The van der Waals surface area contributed by atoms with Gasteiger partial charge in [0.1, 0.15) is 12.6 Å². The van der Waals surface area contributed by atoms with Gasteiger partial charge >= 0.3 is 11.9 Å². The maximum Gasteiger partial charge on any atom is 0.306 e. The van der Waals surface area contributed by atoms with Gasteiger partial charge in [-0.25, -0.2) is 0 Å². The summed E-state index contributed by atoms with van der Waals surface area (Å²) in [4.78, 5) is 36.7. The van der Waals surface area contributed by atoms with E-state index in [1.54, 1.807) is 21.1 Å². The van der Waals surface area contributed by atoms with Gasteiger partial charge in [0.2, 0.25) is 0 Å². The van der Waals surface area contributed by atoms with Crippen molar-refractivity contribution < 1.29 is 38.2 Å². The standard InChI is InChI=1S/C44H71NO7/c1-6-8-10-12-14-16-18-20-21-22-23-25-27-29-31-33-35-43(47)52-40(38-50-37-36-41(44(48)49)45(3,4)5)39-51-42(46)34-32-30-28-26-24-19-17-15-13-11-9-7-2/h8-11,14-17,20-21,23,25,29,31,40-41H,6-7,12-13,18-19,22,24,26-28,30,32-39H2,1-5H3/b10-8+,11-9+,16-14+,17-15+,21-20+,25-23+,31-29+. The largest absolute Gasteiger partial charge is 0.544 e. The van der Waals surface area contributed by atoms with Crippen LogP contribution in [-0.2, 0) is 28.6 Å². The Labute approximate surface area is 316 Å². The second-order valence-electron chi connectivity index (χ2n) is 13.7. The van der Waals surface area contributed by atoms with Crippen molar-refractivity contribution in [2.75, 3.05) is 41.0 Å². The summed E-state index contributed by atoms with van der Waals surface area (Å²) in [6.07, 6.45) is 43.4. The highest BCUT2D eigenvalue weighted by atomic mass is 16.6. The Morgan fingerprint density at radius 2 is 1.06 bits per heavy atom. The number of carboxylic acid groups (broad SMARTS) is 1. The number of esters is 2. The molecule has 0 amide bonds. The van der Waals surface area contributed by atoms with Crippen molar-refractivity contribution in [3.63, 3.8) is 0 Å². The molecular formula is C44H71NO7. The highest BCUT2D eigenvalue weighted by Crippen LogP contribution is 2.11. The van der Waals surface area contributed by atoms with Crippen LogP contribution in [0.5, 0.6) is 0 Å². The van der Waals surface area contributed by atoms with Crippen molar-refractivity contribution in [1.82, 2.24) is 0 Å². The first-order chi connectivity index (χ1) is 25.1. The number of likely N-dealkylation sites (N-methyl/N-ethyl adjacent to an activating group) is 1. The number of aliphatic carboxylic acids is 1. The third-order valence-electron chi connectivity index (χ3n) is 8.04. The number of unbranched alkanes of at least 4 members (excludes halogenated alkanes) is 5. The van der Waals surface area contributed by atoms with Crippen LogP contribution < -0.4 is 5.11 Å². The summed E-state index contributed by atoms with van der Waals surface area (Å²) in [7, 11) is 5.36. The number of quaternary nitrogens is 1. The predicted molar refractivity (Wildman–Crippen MR) is 212 cm³/mol. The van der Waals surface area contributed by atoms with Crippen LogP contribution in [0.3, 0.4) is 0 Å². The number of rotatable bonds is 33. The summed E-state index contributed by atoms with van der Waals surface area (Å²) in [6.45, 7) is 4.30. The van der Waals surface area contributed by atoms with Gasteiger partial charge < -0.3 is 28.6 Å². The van der Waals surface area contributed by atoms with E-state index in [0.717, 1.165) is 83.5 Å². The fourth-order valence-corrected chi connectivity index (χ4v) is 5.04. The smallest absolute Gasteiger partial charge is 0.306 e. The normalized spacial score (nSPS) is 13.9. The van der Waals surface area contributed by atoms with Crippen LogP contribution in [0.2, 0.25) is 0 Å². The minimum Gasteiger partial charge on any atom is -0.544 e. The molecule has 0 heterocycles. The Hall–Kier alpha value is -3.49. The summed E-state index contributed by atoms with van der Waals surface area (Å²) in [5, 5.41) is 11.6. The Balaban J connectivity index is 4.58. The Kier molecular flexibility index (Phi) is 32.3. The third-order valence-corrected chi connectivity index (χ3v) is 8.04. The van der Waals surface area contributed by atoms with Crippen molar-refractivity contribution in [1.29, 1.82) is 0 Å². The highest BCUT2D eigenvalue weighted by Gasteiger charge is 2.25. The lowest BCUT2D eigenvalue weighted by Crippen LogP contribution is -2.55. The fourth-order valence-electron chi connectivity index (χ4n) is 5.04. The Morgan fingerprint density at radius 3 is 1.58 bits per heavy atom. The molecular weight excluding hydrogens is 654 g/mol. The van der Waals surface area contributed by atoms with Crippen LogP contribution in [0.4, 0.5) is 0 Å². The topological polar surface area (TPSA) is 102 Å². The summed E-state index contributed by atoms with van der Waals surface area (Å²) in [5.41, 5.74) is 0. The second kappa shape index (κ2) is 34.6. The second-order valence-corrected chi connectivity index (χ2v) is 13.7. The summed E-state index contributed by atoms with van der Waals surface area (Å²) >= 11 is 0. The van der Waals surface area contributed by atoms with E-state index < -0.39 is 24.1 Å². The number of ether oxygens (including phenoxy) is 3. The van der Waals surface area contributed by atoms with Gasteiger partial charge in [-0.05, 0) is 70.6 Å². The van der Waals surface area contributed by atoms with Crippen LogP contribution in [0.25, 0.3) is 0 Å². The number of allylic oxidation sites excluding steroid dienone is 14. The molecule has 8 nitrogen and oxygen atoms in total. The van der Waals surface area contributed by atoms with Gasteiger partial charge in [-0.2, -0.15) is 0 Å². The third kappa shape index (κ3) is 32.4. The lowest BCUT2D eigenvalue weighted by molar-refractivity contribution is -0.889. The molecule has 0 aliphatic carbocycles. The van der Waals surface area contributed by atoms with Crippen molar-refractivity contribution in [2.24, 2.45) is 0 Å². The van der Waals surface area contributed by atoms with Crippen molar-refractivity contribution in [3.8, 4) is 0 Å². The van der Waals surface area contributed by atoms with Gasteiger partial charge in [0, 0.05) is 19.3 Å². The maximum absolute atomic E-state index is 12.6. The molecule has 0 aromatic heterocycles. The highest BCUT2D eigenvalue weighted by molar-refractivity contribution is 5.70. The van der Waals surface area contributed by atoms with Gasteiger partial charge in [-0.3, -0.25) is 9.59 Å². The van der Waals surface area contributed by atoms with Gasteiger partial charge in [0.15, 0.2) is 6.10 Å². The van der Waals surface area contributed by atoms with Crippen LogP contribution in [0.1, 0.15) is 123 Å². The molecule has 0 aromatic rings. The van der Waals surface area contributed by atoms with Crippen LogP contribution in [-0.4, -0.2) is 75.5 Å². The summed E-state index contributed by atoms with van der Waals surface area (Å²) in [5.74, 6) is -1.88. The first kappa shape index (κ1) is 48.5. The molecule has 0 radical (unpaired) electrons. The minimum atomic E-state index is -1.14. The maximum atomic E-state index is 12.6. The van der Waals surface area contributed by atoms with Crippen molar-refractivity contribution in [3.05, 3.63) is 85.1 Å². The monoisotopic (exact) mass is 726 g/mol. The summed E-state index contributed by atoms with van der Waals surface area (Å²) < 4.78 is 17.0. The molecule has 0 aliphatic rings. The van der Waals surface area contributed by atoms with Gasteiger partial charge in [0.05, 0.1) is 40.3 Å². The van der Waals surface area contributed by atoms with E-state index in [1.807, 2.05) is 12.2 Å². The summed E-state index contributed by atoms with van der Waals surface area (Å²) in [6, 6.07) is -0.744. The first-order valence-corrected chi connectivity index (χ1v) is 19.6. The molecule has 52 heavy (non-hydrogen) atoms. The number of carboxylic acids is 1. The molecule has 8 heteroatoms. The average molecular weight is 726 g/mol. The lowest BCUT2D eigenvalue weighted by atomic mass is 10.1. The molecule has 0 aliphatic heterocycles. The molecule has 0 spiro atoms. The van der Waals surface area contributed by atoms with Crippen LogP contribution in [0, 0.1) is 0 Å². The van der Waals surface area contributed by atoms with E-state index in [1.165, 1.54) is 0 Å². The van der Waals surface area contributed by atoms with Gasteiger partial charge in [-0.15, -0.1) is 0 Å². The molecule has 0 bridgehead atoms. The van der Waals surface area contributed by atoms with Crippen molar-refractivity contribution in [2.45, 2.75) is 135 Å². The van der Waals surface area contributed by atoms with Gasteiger partial charge in [-0.1, -0.05) is 118 Å². The number of carbonyl (C=O) groups is 3. The molecule has 0 saturated carbocycles. The molecule has 0 N–H and O–H groups in total. The molecule has 294 valence electrons. The fraction of sp³-hybridized carbons (Fsp3) is 0.614. The van der Waals surface area contributed by atoms with E-state index in [-0.39, 0.29) is 43.1 Å². The number of carbonyl (C=O) groups excluding carboxylic acids is 3. The predicted octanol–water partition coefficient (Wildman–Crippen LogP) is 8.85. The van der Waals surface area contributed by atoms with Crippen LogP contribution in [0.15, 0.2) is 85.1 Å². The van der Waals surface area contributed by atoms with Gasteiger partial charge in [0.25, 0.3) is 0 Å². The van der Waals surface area contributed by atoms with Crippen LogP contribution >= 0.6 is 0 Å². The number of hydrogen-bond acceptors (Lipinski definition) is 7. The number of nitrogens with zero attached hydrogens (tertiary/aromatic N) is 1. The molecule has 0 rings (SSSR count). The Morgan fingerprint density at radius 1 is 0.577 bits per heavy atom. The van der Waals surface area contributed by atoms with Crippen molar-refractivity contribution >= 4 is 17.9 Å². The minimum absolute atomic E-state index is 0.000931.